The largest absolute Gasteiger partial charge is 0.399 e. The first kappa shape index (κ1) is 16.5. The highest BCUT2D eigenvalue weighted by Gasteiger charge is 2.16. The average Bonchev–Trinajstić information content (AvgIpc) is 2.72. The van der Waals surface area contributed by atoms with Gasteiger partial charge in [0.25, 0.3) is 0 Å². The number of benzene rings is 4. The van der Waals surface area contributed by atoms with E-state index in [4.69, 9.17) is 11.5 Å². The molecule has 5 N–H and O–H groups in total. The van der Waals surface area contributed by atoms with Crippen LogP contribution < -0.4 is 16.8 Å². The van der Waals surface area contributed by atoms with Gasteiger partial charge in [-0.1, -0.05) is 48.5 Å². The molecule has 3 heteroatoms. The lowest BCUT2D eigenvalue weighted by Crippen LogP contribution is -2.07. The lowest BCUT2D eigenvalue weighted by molar-refractivity contribution is 1.16. The molecule has 28 heavy (non-hydrogen) atoms. The van der Waals surface area contributed by atoms with Crippen LogP contribution >= 0.6 is 0 Å². The van der Waals surface area contributed by atoms with Crippen molar-refractivity contribution in [1.82, 2.24) is 0 Å². The van der Waals surface area contributed by atoms with Crippen molar-refractivity contribution in [3.63, 3.8) is 0 Å². The molecule has 0 unspecified atom stereocenters. The summed E-state index contributed by atoms with van der Waals surface area (Å²) in [5, 5.41) is 3.63. The summed E-state index contributed by atoms with van der Waals surface area (Å²) >= 11 is 0. The molecular weight excluding hydrogens is 342 g/mol. The second kappa shape index (κ2) is 6.46. The topological polar surface area (TPSA) is 64.1 Å². The van der Waals surface area contributed by atoms with Gasteiger partial charge in [-0.15, -0.1) is 0 Å². The highest BCUT2D eigenvalue weighted by atomic mass is 14.9. The van der Waals surface area contributed by atoms with E-state index in [-0.39, 0.29) is 0 Å². The highest BCUT2D eigenvalue weighted by Crippen LogP contribution is 2.37. The van der Waals surface area contributed by atoms with Gasteiger partial charge in [-0.05, 0) is 69.8 Å². The number of nitrogen functional groups attached to an aromatic ring is 2. The summed E-state index contributed by atoms with van der Waals surface area (Å²) in [7, 11) is 0. The van der Waals surface area contributed by atoms with Crippen molar-refractivity contribution in [2.24, 2.45) is 0 Å². The molecule has 0 aromatic heterocycles. The molecule has 0 amide bonds. The van der Waals surface area contributed by atoms with Crippen molar-refractivity contribution < 1.29 is 0 Å². The van der Waals surface area contributed by atoms with Crippen LogP contribution in [0.15, 0.2) is 84.9 Å². The predicted molar refractivity (Wildman–Crippen MR) is 119 cm³/mol. The summed E-state index contributed by atoms with van der Waals surface area (Å²) in [4.78, 5) is 0. The first-order valence-corrected chi connectivity index (χ1v) is 9.40. The van der Waals surface area contributed by atoms with Gasteiger partial charge in [-0.3, -0.25) is 0 Å². The fourth-order valence-electron chi connectivity index (χ4n) is 3.75. The number of hydrogen-bond donors (Lipinski definition) is 3. The van der Waals surface area contributed by atoms with Gasteiger partial charge >= 0.3 is 0 Å². The first-order valence-electron chi connectivity index (χ1n) is 9.40. The Morgan fingerprint density at radius 3 is 1.32 bits per heavy atom. The molecule has 0 radical (unpaired) electrons. The van der Waals surface area contributed by atoms with Gasteiger partial charge in [0, 0.05) is 29.2 Å². The fraction of sp³-hybridized carbons (Fsp3) is 0.0400. The molecule has 5 rings (SSSR count). The van der Waals surface area contributed by atoms with Gasteiger partial charge in [-0.25, -0.2) is 0 Å². The Balaban J connectivity index is 1.49. The van der Waals surface area contributed by atoms with Gasteiger partial charge in [0.1, 0.15) is 0 Å². The highest BCUT2D eigenvalue weighted by molar-refractivity contribution is 5.80. The van der Waals surface area contributed by atoms with Crippen molar-refractivity contribution >= 4 is 22.7 Å². The zero-order chi connectivity index (χ0) is 19.1. The average molecular weight is 363 g/mol. The number of rotatable bonds is 2. The summed E-state index contributed by atoms with van der Waals surface area (Å²) in [6.45, 7) is 0. The standard InChI is InChI=1S/C25H21N3/c26-22-9-5-16(6-10-22)18-1-3-20-13-21-4-2-19(15-25(21)28-24(20)14-18)17-7-11-23(27)12-8-17/h1-12,14-15,28H,13,26-27H2. The molecular formula is C25H21N3. The van der Waals surface area contributed by atoms with Crippen molar-refractivity contribution in [1.29, 1.82) is 0 Å². The summed E-state index contributed by atoms with van der Waals surface area (Å²) < 4.78 is 0. The van der Waals surface area contributed by atoms with E-state index in [1.807, 2.05) is 24.3 Å². The number of anilines is 4. The lowest BCUT2D eigenvalue weighted by atomic mass is 9.92. The van der Waals surface area contributed by atoms with Crippen LogP contribution in [0, 0.1) is 0 Å². The summed E-state index contributed by atoms with van der Waals surface area (Å²) in [6, 6.07) is 29.2. The van der Waals surface area contributed by atoms with Crippen LogP contribution in [0.3, 0.4) is 0 Å². The molecule has 136 valence electrons. The number of nitrogens with two attached hydrogens (primary N) is 2. The summed E-state index contributed by atoms with van der Waals surface area (Å²) in [5.41, 5.74) is 22.9. The molecule has 3 nitrogen and oxygen atoms in total. The van der Waals surface area contributed by atoms with Crippen LogP contribution in [-0.4, -0.2) is 0 Å². The van der Waals surface area contributed by atoms with Crippen molar-refractivity contribution in [3.05, 3.63) is 96.1 Å². The Labute approximate surface area is 164 Å². The Bertz CT molecular complexity index is 1070. The van der Waals surface area contributed by atoms with Gasteiger partial charge in [0.15, 0.2) is 0 Å². The molecule has 0 spiro atoms. The maximum Gasteiger partial charge on any atom is 0.0426 e. The predicted octanol–water partition coefficient (Wildman–Crippen LogP) is 5.83. The molecule has 1 heterocycles. The van der Waals surface area contributed by atoms with Crippen LogP contribution in [0.1, 0.15) is 11.1 Å². The third kappa shape index (κ3) is 2.97. The first-order chi connectivity index (χ1) is 13.7. The maximum absolute atomic E-state index is 5.82. The third-order valence-electron chi connectivity index (χ3n) is 5.36. The SMILES string of the molecule is Nc1ccc(-c2ccc3c(c2)Nc2cc(-c4ccc(N)cc4)ccc2C3)cc1. The quantitative estimate of drug-likeness (QED) is 0.346. The molecule has 0 saturated heterocycles. The molecule has 1 aliphatic heterocycles. The van der Waals surface area contributed by atoms with Crippen LogP contribution in [0.4, 0.5) is 22.7 Å². The zero-order valence-corrected chi connectivity index (χ0v) is 15.4. The van der Waals surface area contributed by atoms with E-state index >= 15 is 0 Å². The fourth-order valence-corrected chi connectivity index (χ4v) is 3.75. The van der Waals surface area contributed by atoms with Crippen molar-refractivity contribution in [2.45, 2.75) is 6.42 Å². The summed E-state index contributed by atoms with van der Waals surface area (Å²) in [5.74, 6) is 0. The number of fused-ring (bicyclic) bond motifs is 2. The van der Waals surface area contributed by atoms with E-state index in [9.17, 15) is 0 Å². The van der Waals surface area contributed by atoms with Crippen molar-refractivity contribution in [2.75, 3.05) is 16.8 Å². The smallest absolute Gasteiger partial charge is 0.0426 e. The molecule has 4 aromatic carbocycles. The molecule has 0 saturated carbocycles. The van der Waals surface area contributed by atoms with Crippen LogP contribution in [0.5, 0.6) is 0 Å². The van der Waals surface area contributed by atoms with Gasteiger partial charge in [-0.2, -0.15) is 0 Å². The van der Waals surface area contributed by atoms with Crippen molar-refractivity contribution in [3.8, 4) is 22.3 Å². The Hall–Kier alpha value is -3.72. The monoisotopic (exact) mass is 363 g/mol. The second-order valence-corrected chi connectivity index (χ2v) is 7.29. The molecule has 1 aliphatic rings. The zero-order valence-electron chi connectivity index (χ0n) is 15.4. The maximum atomic E-state index is 5.82. The molecule has 0 atom stereocenters. The van der Waals surface area contributed by atoms with E-state index in [0.29, 0.717) is 0 Å². The van der Waals surface area contributed by atoms with E-state index < -0.39 is 0 Å². The molecule has 4 aromatic rings. The Morgan fingerprint density at radius 1 is 0.500 bits per heavy atom. The molecule has 0 fully saturated rings. The van der Waals surface area contributed by atoms with Gasteiger partial charge in [0.05, 0.1) is 0 Å². The normalized spacial score (nSPS) is 12.0. The number of hydrogen-bond acceptors (Lipinski definition) is 3. The second-order valence-electron chi connectivity index (χ2n) is 7.29. The minimum atomic E-state index is 0.781. The van der Waals surface area contributed by atoms with E-state index in [1.165, 1.54) is 33.4 Å². The Morgan fingerprint density at radius 2 is 0.893 bits per heavy atom. The number of nitrogens with one attached hydrogen (secondary N) is 1. The summed E-state index contributed by atoms with van der Waals surface area (Å²) in [6.07, 6.45) is 0.932. The third-order valence-corrected chi connectivity index (χ3v) is 5.36. The Kier molecular flexibility index (Phi) is 3.80. The van der Waals surface area contributed by atoms with Crippen LogP contribution in [0.2, 0.25) is 0 Å². The minimum Gasteiger partial charge on any atom is -0.399 e. The van der Waals surface area contributed by atoms with Gasteiger partial charge < -0.3 is 16.8 Å². The molecule has 0 bridgehead atoms. The lowest BCUT2D eigenvalue weighted by Gasteiger charge is -2.23. The van der Waals surface area contributed by atoms with E-state index in [2.05, 4.69) is 66.0 Å². The van der Waals surface area contributed by atoms with Crippen LogP contribution in [-0.2, 0) is 6.42 Å². The van der Waals surface area contributed by atoms with E-state index in [0.717, 1.165) is 29.2 Å². The molecule has 0 aliphatic carbocycles. The minimum absolute atomic E-state index is 0.781. The van der Waals surface area contributed by atoms with Gasteiger partial charge in [0.2, 0.25) is 0 Å². The van der Waals surface area contributed by atoms with E-state index in [1.54, 1.807) is 0 Å². The van der Waals surface area contributed by atoms with Crippen LogP contribution in [0.25, 0.3) is 22.3 Å².